The zero-order valence-electron chi connectivity index (χ0n) is 12.0. The van der Waals surface area contributed by atoms with E-state index in [4.69, 9.17) is 0 Å². The number of nitrogens with zero attached hydrogens (tertiary/aromatic N) is 1. The fourth-order valence-electron chi connectivity index (χ4n) is 2.27. The standard InChI is InChI=1S/C15H20N2O3/c1-9(2)10(3)16-15(20)17-12-7-5-4-6-11(12)8-13(17)14(18)19/h4-7,9-10,13H,8H2,1-3H3,(H,16,20)(H,18,19). The number of fused-ring (bicyclic) bond motifs is 1. The molecule has 1 aliphatic heterocycles. The Morgan fingerprint density at radius 1 is 1.30 bits per heavy atom. The molecule has 5 nitrogen and oxygen atoms in total. The Balaban J connectivity index is 2.26. The van der Waals surface area contributed by atoms with Crippen LogP contribution < -0.4 is 10.2 Å². The topological polar surface area (TPSA) is 69.6 Å². The van der Waals surface area contributed by atoms with Crippen LogP contribution in [0, 0.1) is 5.92 Å². The predicted molar refractivity (Wildman–Crippen MR) is 76.9 cm³/mol. The van der Waals surface area contributed by atoms with E-state index in [1.807, 2.05) is 39.0 Å². The fourth-order valence-corrected chi connectivity index (χ4v) is 2.27. The molecule has 20 heavy (non-hydrogen) atoms. The maximum Gasteiger partial charge on any atom is 0.327 e. The molecule has 0 fully saturated rings. The fraction of sp³-hybridized carbons (Fsp3) is 0.467. The lowest BCUT2D eigenvalue weighted by Gasteiger charge is -2.26. The lowest BCUT2D eigenvalue weighted by atomic mass is 10.1. The summed E-state index contributed by atoms with van der Waals surface area (Å²) in [5.74, 6) is -0.686. The van der Waals surface area contributed by atoms with Crippen LogP contribution in [-0.4, -0.2) is 29.2 Å². The second-order valence-corrected chi connectivity index (χ2v) is 5.54. The number of aliphatic carboxylic acids is 1. The Morgan fingerprint density at radius 2 is 1.95 bits per heavy atom. The first-order chi connectivity index (χ1) is 9.41. The molecule has 108 valence electrons. The summed E-state index contributed by atoms with van der Waals surface area (Å²) in [6.07, 6.45) is 0.356. The van der Waals surface area contributed by atoms with E-state index < -0.39 is 12.0 Å². The van der Waals surface area contributed by atoms with Gasteiger partial charge in [0.05, 0.1) is 0 Å². The van der Waals surface area contributed by atoms with Gasteiger partial charge in [-0.05, 0) is 24.5 Å². The van der Waals surface area contributed by atoms with E-state index in [-0.39, 0.29) is 12.1 Å². The van der Waals surface area contributed by atoms with E-state index in [0.717, 1.165) is 5.56 Å². The molecule has 0 spiro atoms. The summed E-state index contributed by atoms with van der Waals surface area (Å²) in [7, 11) is 0. The highest BCUT2D eigenvalue weighted by Gasteiger charge is 2.38. The Bertz CT molecular complexity index is 528. The number of amides is 2. The molecular weight excluding hydrogens is 256 g/mol. The third kappa shape index (κ3) is 2.61. The molecule has 2 rings (SSSR count). The summed E-state index contributed by atoms with van der Waals surface area (Å²) in [6, 6.07) is 6.15. The largest absolute Gasteiger partial charge is 0.480 e. The second kappa shape index (κ2) is 5.53. The van der Waals surface area contributed by atoms with Gasteiger partial charge in [0.15, 0.2) is 0 Å². The normalized spacial score (nSPS) is 18.8. The van der Waals surface area contributed by atoms with Crippen molar-refractivity contribution in [3.05, 3.63) is 29.8 Å². The third-order valence-corrected chi connectivity index (χ3v) is 3.83. The highest BCUT2D eigenvalue weighted by Crippen LogP contribution is 2.32. The van der Waals surface area contributed by atoms with Crippen LogP contribution in [0.2, 0.25) is 0 Å². The van der Waals surface area contributed by atoms with Crippen LogP contribution in [0.5, 0.6) is 0 Å². The van der Waals surface area contributed by atoms with Crippen LogP contribution >= 0.6 is 0 Å². The molecule has 2 amide bonds. The molecule has 1 aromatic rings. The lowest BCUT2D eigenvalue weighted by molar-refractivity contribution is -0.138. The average molecular weight is 276 g/mol. The van der Waals surface area contributed by atoms with E-state index in [1.165, 1.54) is 4.90 Å². The first kappa shape index (κ1) is 14.4. The summed E-state index contributed by atoms with van der Waals surface area (Å²) in [5.41, 5.74) is 1.58. The van der Waals surface area contributed by atoms with Crippen LogP contribution in [0.25, 0.3) is 0 Å². The summed E-state index contributed by atoms with van der Waals surface area (Å²) >= 11 is 0. The van der Waals surface area contributed by atoms with Crippen molar-refractivity contribution < 1.29 is 14.7 Å². The third-order valence-electron chi connectivity index (χ3n) is 3.83. The minimum atomic E-state index is -0.978. The highest BCUT2D eigenvalue weighted by molar-refractivity contribution is 6.01. The van der Waals surface area contributed by atoms with Gasteiger partial charge in [0.25, 0.3) is 0 Å². The average Bonchev–Trinajstić information content (AvgIpc) is 2.77. The Labute approximate surface area is 118 Å². The zero-order valence-corrected chi connectivity index (χ0v) is 12.0. The van der Waals surface area contributed by atoms with Gasteiger partial charge in [-0.1, -0.05) is 32.0 Å². The van der Waals surface area contributed by atoms with Crippen molar-refractivity contribution in [1.29, 1.82) is 0 Å². The van der Waals surface area contributed by atoms with Gasteiger partial charge in [-0.25, -0.2) is 9.59 Å². The molecule has 2 N–H and O–H groups in total. The van der Waals surface area contributed by atoms with Gasteiger partial charge in [-0.15, -0.1) is 0 Å². The Hall–Kier alpha value is -2.04. The molecule has 2 unspecified atom stereocenters. The number of rotatable bonds is 3. The van der Waals surface area contributed by atoms with Crippen molar-refractivity contribution in [3.63, 3.8) is 0 Å². The van der Waals surface area contributed by atoms with E-state index >= 15 is 0 Å². The van der Waals surface area contributed by atoms with Gasteiger partial charge in [0.1, 0.15) is 6.04 Å². The van der Waals surface area contributed by atoms with Crippen molar-refractivity contribution in [3.8, 4) is 0 Å². The number of nitrogens with one attached hydrogen (secondary N) is 1. The molecule has 0 aliphatic carbocycles. The quantitative estimate of drug-likeness (QED) is 0.889. The number of carboxylic acid groups (broad SMARTS) is 1. The molecular formula is C15H20N2O3. The summed E-state index contributed by atoms with van der Waals surface area (Å²) in [5, 5.41) is 12.2. The van der Waals surface area contributed by atoms with Crippen molar-refractivity contribution >= 4 is 17.7 Å². The van der Waals surface area contributed by atoms with Gasteiger partial charge in [-0.3, -0.25) is 4.90 Å². The maximum absolute atomic E-state index is 12.4. The molecule has 0 saturated carbocycles. The van der Waals surface area contributed by atoms with Gasteiger partial charge in [0.2, 0.25) is 0 Å². The number of anilines is 1. The smallest absolute Gasteiger partial charge is 0.327 e. The summed E-state index contributed by atoms with van der Waals surface area (Å²) in [4.78, 5) is 25.1. The minimum Gasteiger partial charge on any atom is -0.480 e. The summed E-state index contributed by atoms with van der Waals surface area (Å²) < 4.78 is 0. The van der Waals surface area contributed by atoms with Crippen molar-refractivity contribution in [1.82, 2.24) is 5.32 Å². The van der Waals surface area contributed by atoms with Crippen molar-refractivity contribution in [2.24, 2.45) is 5.92 Å². The molecule has 5 heteroatoms. The Kier molecular flexibility index (Phi) is 3.97. The SMILES string of the molecule is CC(C)C(C)NC(=O)N1c2ccccc2CC1C(=O)O. The molecule has 0 aromatic heterocycles. The molecule has 0 saturated heterocycles. The monoisotopic (exact) mass is 276 g/mol. The number of carboxylic acids is 1. The van der Waals surface area contributed by atoms with Crippen LogP contribution in [0.3, 0.4) is 0 Å². The Morgan fingerprint density at radius 3 is 2.55 bits per heavy atom. The van der Waals surface area contributed by atoms with Gasteiger partial charge >= 0.3 is 12.0 Å². The van der Waals surface area contributed by atoms with Gasteiger partial charge in [0, 0.05) is 18.2 Å². The first-order valence-electron chi connectivity index (χ1n) is 6.82. The number of carbonyl (C=O) groups excluding carboxylic acids is 1. The van der Waals surface area contributed by atoms with E-state index in [2.05, 4.69) is 5.32 Å². The van der Waals surface area contributed by atoms with Crippen LogP contribution in [0.1, 0.15) is 26.3 Å². The van der Waals surface area contributed by atoms with E-state index in [0.29, 0.717) is 18.0 Å². The lowest BCUT2D eigenvalue weighted by Crippen LogP contribution is -2.51. The second-order valence-electron chi connectivity index (χ2n) is 5.54. The van der Waals surface area contributed by atoms with E-state index in [9.17, 15) is 14.7 Å². The molecule has 0 radical (unpaired) electrons. The summed E-state index contributed by atoms with van der Waals surface area (Å²) in [6.45, 7) is 5.94. The zero-order chi connectivity index (χ0) is 14.9. The highest BCUT2D eigenvalue weighted by atomic mass is 16.4. The van der Waals surface area contributed by atoms with Gasteiger partial charge < -0.3 is 10.4 Å². The predicted octanol–water partition coefficient (Wildman–Crippen LogP) is 2.26. The number of carbonyl (C=O) groups is 2. The first-order valence-corrected chi connectivity index (χ1v) is 6.82. The molecule has 1 heterocycles. The number of benzene rings is 1. The van der Waals surface area contributed by atoms with Crippen molar-refractivity contribution in [2.75, 3.05) is 4.90 Å². The number of urea groups is 1. The van der Waals surface area contributed by atoms with E-state index in [1.54, 1.807) is 6.07 Å². The van der Waals surface area contributed by atoms with Crippen LogP contribution in [-0.2, 0) is 11.2 Å². The molecule has 2 atom stereocenters. The van der Waals surface area contributed by atoms with Crippen LogP contribution in [0.4, 0.5) is 10.5 Å². The van der Waals surface area contributed by atoms with Crippen LogP contribution in [0.15, 0.2) is 24.3 Å². The minimum absolute atomic E-state index is 0.00953. The number of para-hydroxylation sites is 1. The van der Waals surface area contributed by atoms with Crippen molar-refractivity contribution in [2.45, 2.75) is 39.3 Å². The molecule has 0 bridgehead atoms. The number of hydrogen-bond acceptors (Lipinski definition) is 2. The number of hydrogen-bond donors (Lipinski definition) is 2. The molecule has 1 aliphatic rings. The maximum atomic E-state index is 12.4. The molecule has 1 aromatic carbocycles. The van der Waals surface area contributed by atoms with Gasteiger partial charge in [-0.2, -0.15) is 0 Å².